The van der Waals surface area contributed by atoms with Gasteiger partial charge >= 0.3 is 0 Å². The van der Waals surface area contributed by atoms with Gasteiger partial charge in [-0.3, -0.25) is 0 Å². The number of benzene rings is 1. The fourth-order valence-corrected chi connectivity index (χ4v) is 3.28. The van der Waals surface area contributed by atoms with Gasteiger partial charge in [-0.2, -0.15) is 0 Å². The van der Waals surface area contributed by atoms with E-state index in [0.717, 1.165) is 31.4 Å². The Labute approximate surface area is 129 Å². The molecule has 1 aliphatic rings. The first-order chi connectivity index (χ1) is 9.00. The van der Waals surface area contributed by atoms with Crippen LogP contribution in [-0.4, -0.2) is 17.8 Å². The van der Waals surface area contributed by atoms with Crippen LogP contribution in [0.2, 0.25) is 15.1 Å². The lowest BCUT2D eigenvalue weighted by molar-refractivity contribution is 0.130. The zero-order chi connectivity index (χ0) is 14.0. The summed E-state index contributed by atoms with van der Waals surface area (Å²) in [6.07, 6.45) is 2.92. The molecule has 0 heterocycles. The molecule has 0 aromatic heterocycles. The molecule has 2 nitrogen and oxygen atoms in total. The molecule has 1 aliphatic carbocycles. The van der Waals surface area contributed by atoms with E-state index in [1.54, 1.807) is 6.07 Å². The van der Waals surface area contributed by atoms with E-state index in [1.807, 2.05) is 13.0 Å². The lowest BCUT2D eigenvalue weighted by Crippen LogP contribution is -2.29. The van der Waals surface area contributed by atoms with Crippen molar-refractivity contribution in [3.63, 3.8) is 0 Å². The van der Waals surface area contributed by atoms with Gasteiger partial charge in [0.1, 0.15) is 0 Å². The van der Waals surface area contributed by atoms with Crippen LogP contribution in [0.15, 0.2) is 12.1 Å². The lowest BCUT2D eigenvalue weighted by Gasteiger charge is -2.21. The van der Waals surface area contributed by atoms with Crippen LogP contribution in [-0.2, 0) is 0 Å². The van der Waals surface area contributed by atoms with Gasteiger partial charge in [-0.1, -0.05) is 47.3 Å². The standard InChI is InChI=1S/C14H18Cl3NO/c1-8(18-7-9-3-2-4-12(9)19)10-5-6-11(15)14(17)13(10)16/h5-6,8-9,12,18-19H,2-4,7H2,1H3. The molecule has 0 spiro atoms. The summed E-state index contributed by atoms with van der Waals surface area (Å²) in [7, 11) is 0. The van der Waals surface area contributed by atoms with Crippen molar-refractivity contribution < 1.29 is 5.11 Å². The second-order valence-corrected chi connectivity index (χ2v) is 6.32. The molecule has 3 atom stereocenters. The molecule has 2 rings (SSSR count). The van der Waals surface area contributed by atoms with Crippen molar-refractivity contribution in [2.24, 2.45) is 5.92 Å². The Morgan fingerprint density at radius 1 is 1.26 bits per heavy atom. The molecule has 0 amide bonds. The van der Waals surface area contributed by atoms with Crippen molar-refractivity contribution in [3.05, 3.63) is 32.8 Å². The highest BCUT2D eigenvalue weighted by molar-refractivity contribution is 6.48. The van der Waals surface area contributed by atoms with Crippen LogP contribution in [0, 0.1) is 5.92 Å². The first kappa shape index (κ1) is 15.4. The second-order valence-electron chi connectivity index (χ2n) is 5.15. The smallest absolute Gasteiger partial charge is 0.0781 e. The van der Waals surface area contributed by atoms with E-state index in [2.05, 4.69) is 5.32 Å². The number of rotatable bonds is 4. The van der Waals surface area contributed by atoms with E-state index in [4.69, 9.17) is 34.8 Å². The molecule has 1 fully saturated rings. The van der Waals surface area contributed by atoms with Crippen LogP contribution in [0.1, 0.15) is 37.8 Å². The summed E-state index contributed by atoms with van der Waals surface area (Å²) in [5.74, 6) is 0.337. The fourth-order valence-electron chi connectivity index (χ4n) is 2.57. The maximum absolute atomic E-state index is 9.80. The molecule has 1 aromatic carbocycles. The SMILES string of the molecule is CC(NCC1CCCC1O)c1ccc(Cl)c(Cl)c1Cl. The molecule has 1 saturated carbocycles. The number of nitrogens with one attached hydrogen (secondary N) is 1. The topological polar surface area (TPSA) is 32.3 Å². The van der Waals surface area contributed by atoms with Gasteiger partial charge in [0.2, 0.25) is 0 Å². The summed E-state index contributed by atoms with van der Waals surface area (Å²) in [4.78, 5) is 0. The Morgan fingerprint density at radius 2 is 2.00 bits per heavy atom. The van der Waals surface area contributed by atoms with Crippen molar-refractivity contribution in [3.8, 4) is 0 Å². The van der Waals surface area contributed by atoms with Crippen molar-refractivity contribution >= 4 is 34.8 Å². The second kappa shape index (κ2) is 6.64. The van der Waals surface area contributed by atoms with E-state index in [9.17, 15) is 5.11 Å². The molecule has 19 heavy (non-hydrogen) atoms. The van der Waals surface area contributed by atoms with E-state index >= 15 is 0 Å². The van der Waals surface area contributed by atoms with Gasteiger partial charge in [0.15, 0.2) is 0 Å². The van der Waals surface area contributed by atoms with Crippen LogP contribution < -0.4 is 5.32 Å². The molecule has 0 bridgehead atoms. The molecule has 0 saturated heterocycles. The average Bonchev–Trinajstić information content (AvgIpc) is 2.79. The molecule has 0 radical (unpaired) electrons. The molecule has 0 aliphatic heterocycles. The number of hydrogen-bond acceptors (Lipinski definition) is 2. The van der Waals surface area contributed by atoms with Crippen molar-refractivity contribution in [1.82, 2.24) is 5.32 Å². The third kappa shape index (κ3) is 3.56. The Bertz CT molecular complexity index is 453. The largest absolute Gasteiger partial charge is 0.393 e. The molecule has 2 N–H and O–H groups in total. The van der Waals surface area contributed by atoms with Gasteiger partial charge in [-0.05, 0) is 37.3 Å². The van der Waals surface area contributed by atoms with Crippen molar-refractivity contribution in [2.45, 2.75) is 38.3 Å². The maximum atomic E-state index is 9.80. The first-order valence-corrected chi connectivity index (χ1v) is 7.69. The van der Waals surface area contributed by atoms with Gasteiger partial charge in [0, 0.05) is 12.6 Å². The zero-order valence-electron chi connectivity index (χ0n) is 10.8. The minimum atomic E-state index is -0.177. The lowest BCUT2D eigenvalue weighted by atomic mass is 10.0. The molecule has 3 unspecified atom stereocenters. The summed E-state index contributed by atoms with van der Waals surface area (Å²) in [5.41, 5.74) is 0.934. The third-order valence-corrected chi connectivity index (χ3v) is 5.14. The quantitative estimate of drug-likeness (QED) is 0.802. The summed E-state index contributed by atoms with van der Waals surface area (Å²) in [6.45, 7) is 2.83. The van der Waals surface area contributed by atoms with Gasteiger partial charge < -0.3 is 10.4 Å². The van der Waals surface area contributed by atoms with Crippen LogP contribution in [0.4, 0.5) is 0 Å². The van der Waals surface area contributed by atoms with Crippen LogP contribution >= 0.6 is 34.8 Å². The molecular weight excluding hydrogens is 305 g/mol. The Balaban J connectivity index is 2.00. The van der Waals surface area contributed by atoms with Gasteiger partial charge in [0.25, 0.3) is 0 Å². The Morgan fingerprint density at radius 3 is 2.63 bits per heavy atom. The van der Waals surface area contributed by atoms with Gasteiger partial charge in [0.05, 0.1) is 21.2 Å². The maximum Gasteiger partial charge on any atom is 0.0781 e. The van der Waals surface area contributed by atoms with E-state index in [-0.39, 0.29) is 12.1 Å². The highest BCUT2D eigenvalue weighted by Crippen LogP contribution is 2.35. The summed E-state index contributed by atoms with van der Waals surface area (Å²) in [6, 6.07) is 3.72. The number of hydrogen-bond donors (Lipinski definition) is 2. The third-order valence-electron chi connectivity index (χ3n) is 3.84. The number of aliphatic hydroxyl groups excluding tert-OH is 1. The molecular formula is C14H18Cl3NO. The predicted molar refractivity (Wildman–Crippen MR) is 81.2 cm³/mol. The van der Waals surface area contributed by atoms with E-state index in [0.29, 0.717) is 21.0 Å². The Hall–Kier alpha value is 0.01000. The summed E-state index contributed by atoms with van der Waals surface area (Å²) >= 11 is 18.2. The molecule has 1 aromatic rings. The average molecular weight is 323 g/mol. The summed E-state index contributed by atoms with van der Waals surface area (Å²) < 4.78 is 0. The van der Waals surface area contributed by atoms with Crippen LogP contribution in [0.3, 0.4) is 0 Å². The zero-order valence-corrected chi connectivity index (χ0v) is 13.1. The van der Waals surface area contributed by atoms with Crippen LogP contribution in [0.5, 0.6) is 0 Å². The van der Waals surface area contributed by atoms with Crippen molar-refractivity contribution in [2.75, 3.05) is 6.54 Å². The minimum absolute atomic E-state index is 0.0788. The normalized spacial score (nSPS) is 24.7. The highest BCUT2D eigenvalue weighted by Gasteiger charge is 2.25. The minimum Gasteiger partial charge on any atom is -0.393 e. The summed E-state index contributed by atoms with van der Waals surface area (Å²) in [5, 5.41) is 14.6. The first-order valence-electron chi connectivity index (χ1n) is 6.55. The highest BCUT2D eigenvalue weighted by atomic mass is 35.5. The van der Waals surface area contributed by atoms with Crippen molar-refractivity contribution in [1.29, 1.82) is 0 Å². The molecule has 106 valence electrons. The number of halogens is 3. The molecule has 5 heteroatoms. The predicted octanol–water partition coefficient (Wildman–Crippen LogP) is 4.46. The fraction of sp³-hybridized carbons (Fsp3) is 0.571. The monoisotopic (exact) mass is 321 g/mol. The van der Waals surface area contributed by atoms with Gasteiger partial charge in [-0.15, -0.1) is 0 Å². The van der Waals surface area contributed by atoms with E-state index in [1.165, 1.54) is 0 Å². The Kier molecular flexibility index (Phi) is 5.38. The number of aliphatic hydroxyl groups is 1. The van der Waals surface area contributed by atoms with Crippen LogP contribution in [0.25, 0.3) is 0 Å². The van der Waals surface area contributed by atoms with Gasteiger partial charge in [-0.25, -0.2) is 0 Å². The van der Waals surface area contributed by atoms with E-state index < -0.39 is 0 Å².